The highest BCUT2D eigenvalue weighted by Crippen LogP contribution is 2.23. The minimum absolute atomic E-state index is 0.00675. The van der Waals surface area contributed by atoms with Gasteiger partial charge in [-0.25, -0.2) is 14.3 Å². The van der Waals surface area contributed by atoms with Gasteiger partial charge in [0, 0.05) is 5.56 Å². The summed E-state index contributed by atoms with van der Waals surface area (Å²) in [6.07, 6.45) is 1.56. The highest BCUT2D eigenvalue weighted by molar-refractivity contribution is 6.33. The lowest BCUT2D eigenvalue weighted by Crippen LogP contribution is -2.33. The van der Waals surface area contributed by atoms with Gasteiger partial charge in [-0.3, -0.25) is 9.89 Å². The molecule has 0 amide bonds. The van der Waals surface area contributed by atoms with Gasteiger partial charge in [-0.15, -0.1) is 0 Å². The molecule has 4 aromatic rings. The van der Waals surface area contributed by atoms with Crippen molar-refractivity contribution in [3.8, 4) is 17.0 Å². The quantitative estimate of drug-likeness (QED) is 0.411. The van der Waals surface area contributed by atoms with Crippen LogP contribution in [-0.2, 0) is 4.74 Å². The fourth-order valence-corrected chi connectivity index (χ4v) is 3.61. The molecule has 172 valence electrons. The number of furan rings is 1. The highest BCUT2D eigenvalue weighted by Gasteiger charge is 2.13. The summed E-state index contributed by atoms with van der Waals surface area (Å²) in [7, 11) is 0. The first-order valence-corrected chi connectivity index (χ1v) is 10.6. The lowest BCUT2D eigenvalue weighted by atomic mass is 10.1. The molecule has 0 bridgehead atoms. The Labute approximate surface area is 198 Å². The largest absolute Gasteiger partial charge is 0.478 e. The molecular weight excluding hydrogens is 460 g/mol. The third-order valence-electron chi connectivity index (χ3n) is 5.04. The van der Waals surface area contributed by atoms with E-state index in [1.165, 1.54) is 22.9 Å². The molecule has 0 saturated carbocycles. The summed E-state index contributed by atoms with van der Waals surface area (Å²) in [5.41, 5.74) is 1.09. The number of hydrogen-bond acceptors (Lipinski definition) is 5. The predicted molar refractivity (Wildman–Crippen MR) is 127 cm³/mol. The van der Waals surface area contributed by atoms with Gasteiger partial charge >= 0.3 is 11.9 Å². The number of carbonyl (C=O) groups excluding carboxylic acids is 1. The van der Waals surface area contributed by atoms with Crippen molar-refractivity contribution in [1.29, 1.82) is 0 Å². The van der Waals surface area contributed by atoms with E-state index >= 15 is 0 Å². The number of aromatic amines is 1. The maximum absolute atomic E-state index is 13.0. The summed E-state index contributed by atoms with van der Waals surface area (Å²) >= 11 is 6.03. The number of hydrogen-bond donors (Lipinski definition) is 2. The number of esters is 1. The Kier molecular flexibility index (Phi) is 6.25. The Balaban J connectivity index is 1.65. The molecule has 0 fully saturated rings. The normalized spacial score (nSPS) is 11.5. The lowest BCUT2D eigenvalue weighted by Gasteiger charge is -2.04. The molecule has 0 atom stereocenters. The zero-order valence-corrected chi connectivity index (χ0v) is 18.8. The number of H-pyrrole nitrogens is 1. The van der Waals surface area contributed by atoms with Crippen LogP contribution in [0, 0.1) is 0 Å². The van der Waals surface area contributed by atoms with E-state index in [1.54, 1.807) is 49.4 Å². The maximum atomic E-state index is 13.0. The molecule has 34 heavy (non-hydrogen) atoms. The number of carboxylic acid groups (broad SMARTS) is 1. The number of aromatic carboxylic acids is 1. The molecule has 4 rings (SSSR count). The van der Waals surface area contributed by atoms with Gasteiger partial charge < -0.3 is 14.3 Å². The van der Waals surface area contributed by atoms with E-state index < -0.39 is 17.5 Å². The van der Waals surface area contributed by atoms with E-state index in [-0.39, 0.29) is 15.8 Å². The fourth-order valence-electron chi connectivity index (χ4n) is 3.36. The standard InChI is InChI=1S/C25H19ClN2O6/c1-3-33-25(32)16-6-4-15(5-7-16)22-11-9-18(34-22)13-20-14(2)27-28(23(20)29)17-8-10-19(24(30)31)21(26)12-17/h4-13,27H,2-3H2,1H3,(H,30,31)/b20-13+. The molecule has 9 heteroatoms. The second-order valence-corrected chi connectivity index (χ2v) is 7.67. The van der Waals surface area contributed by atoms with Gasteiger partial charge in [0.15, 0.2) is 0 Å². The summed E-state index contributed by atoms with van der Waals surface area (Å²) in [6, 6.07) is 14.4. The molecular formula is C25H19ClN2O6. The van der Waals surface area contributed by atoms with Crippen molar-refractivity contribution in [3.63, 3.8) is 0 Å². The average Bonchev–Trinajstić information content (AvgIpc) is 3.39. The van der Waals surface area contributed by atoms with Crippen LogP contribution in [-0.4, -0.2) is 33.4 Å². The monoisotopic (exact) mass is 478 g/mol. The Bertz CT molecular complexity index is 1560. The van der Waals surface area contributed by atoms with Gasteiger partial charge in [0.1, 0.15) is 11.5 Å². The number of halogens is 1. The van der Waals surface area contributed by atoms with Crippen molar-refractivity contribution in [1.82, 2.24) is 9.78 Å². The molecule has 0 radical (unpaired) electrons. The molecule has 0 spiro atoms. The number of nitrogens with zero attached hydrogens (tertiary/aromatic N) is 1. The molecule has 0 aliphatic rings. The summed E-state index contributed by atoms with van der Waals surface area (Å²) in [5.74, 6) is -0.574. The summed E-state index contributed by atoms with van der Waals surface area (Å²) in [5, 5.41) is 12.6. The van der Waals surface area contributed by atoms with Crippen molar-refractivity contribution in [2.75, 3.05) is 6.61 Å². The molecule has 2 aromatic heterocycles. The molecule has 0 aliphatic heterocycles. The number of aromatic nitrogens is 2. The average molecular weight is 479 g/mol. The number of carbonyl (C=O) groups is 2. The van der Waals surface area contributed by atoms with Gasteiger partial charge in [0.25, 0.3) is 5.56 Å². The number of carboxylic acids is 1. The molecule has 2 N–H and O–H groups in total. The fraction of sp³-hybridized carbons (Fsp3) is 0.0800. The topological polar surface area (TPSA) is 115 Å². The molecule has 2 aromatic carbocycles. The van der Waals surface area contributed by atoms with E-state index in [0.717, 1.165) is 5.56 Å². The Morgan fingerprint density at radius 1 is 1.18 bits per heavy atom. The van der Waals surface area contributed by atoms with Gasteiger partial charge in [-0.05, 0) is 55.5 Å². The summed E-state index contributed by atoms with van der Waals surface area (Å²) in [6.45, 7) is 5.92. The number of ether oxygens (including phenoxy) is 1. The zero-order chi connectivity index (χ0) is 24.4. The SMILES string of the molecule is C=c1[nH]n(-c2ccc(C(=O)O)c(Cl)c2)c(=O)/c1=C/c1ccc(-c2ccc(C(=O)OCC)cc2)o1. The Morgan fingerprint density at radius 3 is 2.56 bits per heavy atom. The van der Waals surface area contributed by atoms with Crippen LogP contribution >= 0.6 is 11.6 Å². The zero-order valence-electron chi connectivity index (χ0n) is 18.0. The maximum Gasteiger partial charge on any atom is 0.338 e. The first-order chi connectivity index (χ1) is 16.3. The second kappa shape index (κ2) is 9.29. The van der Waals surface area contributed by atoms with Gasteiger partial charge in [0.2, 0.25) is 0 Å². The van der Waals surface area contributed by atoms with Crippen molar-refractivity contribution >= 4 is 36.2 Å². The van der Waals surface area contributed by atoms with Crippen LogP contribution in [0.4, 0.5) is 0 Å². The van der Waals surface area contributed by atoms with Gasteiger partial charge in [-0.1, -0.05) is 30.3 Å². The molecule has 0 unspecified atom stereocenters. The smallest absolute Gasteiger partial charge is 0.338 e. The number of nitrogens with one attached hydrogen (secondary N) is 1. The van der Waals surface area contributed by atoms with Crippen LogP contribution in [0.1, 0.15) is 33.4 Å². The first-order valence-electron chi connectivity index (χ1n) is 10.2. The van der Waals surface area contributed by atoms with Crippen LogP contribution in [0.5, 0.6) is 0 Å². The Morgan fingerprint density at radius 2 is 1.91 bits per heavy atom. The molecule has 2 heterocycles. The van der Waals surface area contributed by atoms with E-state index in [0.29, 0.717) is 34.7 Å². The second-order valence-electron chi connectivity index (χ2n) is 7.26. The van der Waals surface area contributed by atoms with Crippen LogP contribution < -0.4 is 16.1 Å². The lowest BCUT2D eigenvalue weighted by molar-refractivity contribution is 0.0526. The molecule has 8 nitrogen and oxygen atoms in total. The third-order valence-corrected chi connectivity index (χ3v) is 5.35. The van der Waals surface area contributed by atoms with E-state index in [9.17, 15) is 14.4 Å². The minimum atomic E-state index is -1.16. The summed E-state index contributed by atoms with van der Waals surface area (Å²) < 4.78 is 12.1. The minimum Gasteiger partial charge on any atom is -0.478 e. The number of benzene rings is 2. The van der Waals surface area contributed by atoms with Crippen LogP contribution in [0.2, 0.25) is 5.02 Å². The van der Waals surface area contributed by atoms with Crippen LogP contribution in [0.25, 0.3) is 29.7 Å². The van der Waals surface area contributed by atoms with E-state index in [4.69, 9.17) is 25.9 Å². The molecule has 0 aliphatic carbocycles. The Hall–Kier alpha value is -4.30. The van der Waals surface area contributed by atoms with Gasteiger partial charge in [0.05, 0.1) is 39.0 Å². The highest BCUT2D eigenvalue weighted by atomic mass is 35.5. The van der Waals surface area contributed by atoms with Crippen molar-refractivity contribution in [2.45, 2.75) is 6.92 Å². The van der Waals surface area contributed by atoms with Crippen LogP contribution in [0.15, 0.2) is 63.8 Å². The third kappa shape index (κ3) is 4.44. The van der Waals surface area contributed by atoms with Crippen molar-refractivity contribution in [3.05, 3.63) is 97.4 Å². The van der Waals surface area contributed by atoms with Gasteiger partial charge in [-0.2, -0.15) is 0 Å². The summed E-state index contributed by atoms with van der Waals surface area (Å²) in [4.78, 5) is 35.9. The number of rotatable bonds is 6. The van der Waals surface area contributed by atoms with E-state index in [1.807, 2.05) is 0 Å². The van der Waals surface area contributed by atoms with E-state index in [2.05, 4.69) is 11.7 Å². The predicted octanol–water partition coefficient (Wildman–Crippen LogP) is 3.19. The molecule has 0 saturated heterocycles. The van der Waals surface area contributed by atoms with Crippen molar-refractivity contribution in [2.24, 2.45) is 0 Å². The van der Waals surface area contributed by atoms with Crippen molar-refractivity contribution < 1.29 is 23.8 Å². The van der Waals surface area contributed by atoms with Crippen LogP contribution in [0.3, 0.4) is 0 Å². The first kappa shape index (κ1) is 22.9.